The highest BCUT2D eigenvalue weighted by Crippen LogP contribution is 2.28. The maximum atomic E-state index is 11.8. The van der Waals surface area contributed by atoms with Gasteiger partial charge in [-0.1, -0.05) is 28.4 Å². The number of hydrogen-bond donors (Lipinski definition) is 2. The molecule has 6 nitrogen and oxygen atoms in total. The molecule has 8 heteroatoms. The van der Waals surface area contributed by atoms with Crippen LogP contribution in [0.25, 0.3) is 0 Å². The van der Waals surface area contributed by atoms with Crippen LogP contribution in [-0.2, 0) is 6.54 Å². The van der Waals surface area contributed by atoms with Gasteiger partial charge in [0.1, 0.15) is 0 Å². The highest BCUT2D eigenvalue weighted by atomic mass is 35.5. The lowest BCUT2D eigenvalue weighted by Gasteiger charge is -2.06. The normalized spacial score (nSPS) is 10.3. The van der Waals surface area contributed by atoms with Gasteiger partial charge in [-0.05, 0) is 12.1 Å². The monoisotopic (exact) mass is 286 g/mol. The predicted octanol–water partition coefficient (Wildman–Crippen LogP) is 1.89. The van der Waals surface area contributed by atoms with Crippen LogP contribution in [0, 0.1) is 0 Å². The van der Waals surface area contributed by atoms with E-state index in [4.69, 9.17) is 28.9 Å². The number of carbonyl (C=O) groups excluding carboxylic acids is 1. The van der Waals surface area contributed by atoms with Gasteiger partial charge in [0.25, 0.3) is 5.91 Å². The Morgan fingerprint density at radius 1 is 1.39 bits per heavy atom. The van der Waals surface area contributed by atoms with E-state index in [9.17, 15) is 4.79 Å². The number of anilines is 1. The van der Waals surface area contributed by atoms with Crippen LogP contribution >= 0.6 is 23.2 Å². The van der Waals surface area contributed by atoms with Crippen molar-refractivity contribution >= 4 is 34.8 Å². The highest BCUT2D eigenvalue weighted by Gasteiger charge is 2.11. The molecule has 0 bridgehead atoms. The first-order valence-corrected chi connectivity index (χ1v) is 5.61. The summed E-state index contributed by atoms with van der Waals surface area (Å²) in [7, 11) is 0. The number of carbonyl (C=O) groups is 1. The van der Waals surface area contributed by atoms with Crippen LogP contribution in [-0.4, -0.2) is 16.0 Å². The molecule has 0 saturated heterocycles. The van der Waals surface area contributed by atoms with Gasteiger partial charge in [-0.25, -0.2) is 0 Å². The second-order valence-electron chi connectivity index (χ2n) is 3.38. The summed E-state index contributed by atoms with van der Waals surface area (Å²) in [6.07, 6.45) is 1.18. The minimum Gasteiger partial charge on any atom is -0.396 e. The molecule has 0 aliphatic heterocycles. The van der Waals surface area contributed by atoms with Gasteiger partial charge in [0.2, 0.25) is 6.39 Å². The lowest BCUT2D eigenvalue weighted by Crippen LogP contribution is -2.23. The molecule has 94 valence electrons. The third-order valence-corrected chi connectivity index (χ3v) is 2.78. The standard InChI is InChI=1S/C10H8Cl2N4O2/c11-6-1-5(2-7(12)9(6)13)10(17)14-3-8-15-4-18-16-8/h1-2,4H,3,13H2,(H,14,17). The number of amides is 1. The Hall–Kier alpha value is -1.79. The number of nitrogen functional groups attached to an aromatic ring is 1. The van der Waals surface area contributed by atoms with E-state index in [1.165, 1.54) is 18.5 Å². The van der Waals surface area contributed by atoms with Crippen molar-refractivity contribution in [2.75, 3.05) is 5.73 Å². The first-order valence-electron chi connectivity index (χ1n) is 4.86. The molecule has 2 rings (SSSR count). The largest absolute Gasteiger partial charge is 0.396 e. The van der Waals surface area contributed by atoms with Crippen molar-refractivity contribution in [2.45, 2.75) is 6.54 Å². The fourth-order valence-electron chi connectivity index (χ4n) is 1.25. The quantitative estimate of drug-likeness (QED) is 0.841. The Morgan fingerprint density at radius 2 is 2.06 bits per heavy atom. The minimum absolute atomic E-state index is 0.148. The summed E-state index contributed by atoms with van der Waals surface area (Å²) < 4.78 is 4.54. The number of rotatable bonds is 3. The van der Waals surface area contributed by atoms with E-state index >= 15 is 0 Å². The SMILES string of the molecule is Nc1c(Cl)cc(C(=O)NCc2ncon2)cc1Cl. The number of nitrogens with one attached hydrogen (secondary N) is 1. The van der Waals surface area contributed by atoms with Gasteiger partial charge in [-0.3, -0.25) is 4.79 Å². The van der Waals surface area contributed by atoms with E-state index < -0.39 is 0 Å². The molecule has 0 fully saturated rings. The first kappa shape index (κ1) is 12.7. The van der Waals surface area contributed by atoms with Gasteiger partial charge in [-0.2, -0.15) is 4.98 Å². The number of hydrogen-bond acceptors (Lipinski definition) is 5. The Kier molecular flexibility index (Phi) is 3.69. The van der Waals surface area contributed by atoms with Crippen molar-refractivity contribution < 1.29 is 9.32 Å². The minimum atomic E-state index is -0.358. The average Bonchev–Trinajstić information content (AvgIpc) is 2.85. The zero-order chi connectivity index (χ0) is 13.1. The average molecular weight is 287 g/mol. The summed E-state index contributed by atoms with van der Waals surface area (Å²) in [4.78, 5) is 15.6. The zero-order valence-electron chi connectivity index (χ0n) is 8.98. The van der Waals surface area contributed by atoms with Crippen LogP contribution in [0.15, 0.2) is 23.0 Å². The molecule has 0 unspecified atom stereocenters. The maximum Gasteiger partial charge on any atom is 0.251 e. The van der Waals surface area contributed by atoms with Crippen molar-refractivity contribution in [1.82, 2.24) is 15.5 Å². The van der Waals surface area contributed by atoms with E-state index in [1.54, 1.807) is 0 Å². The zero-order valence-corrected chi connectivity index (χ0v) is 10.5. The van der Waals surface area contributed by atoms with Crippen molar-refractivity contribution in [3.05, 3.63) is 40.0 Å². The van der Waals surface area contributed by atoms with E-state index in [0.717, 1.165) is 0 Å². The molecule has 1 aromatic heterocycles. The van der Waals surface area contributed by atoms with E-state index in [2.05, 4.69) is 20.0 Å². The Labute approximate surface area is 112 Å². The topological polar surface area (TPSA) is 94.0 Å². The van der Waals surface area contributed by atoms with Crippen molar-refractivity contribution in [2.24, 2.45) is 0 Å². The van der Waals surface area contributed by atoms with Crippen molar-refractivity contribution in [1.29, 1.82) is 0 Å². The lowest BCUT2D eigenvalue weighted by molar-refractivity contribution is 0.0949. The molecule has 1 heterocycles. The Balaban J connectivity index is 2.09. The molecular formula is C10H8Cl2N4O2. The van der Waals surface area contributed by atoms with E-state index in [1.807, 2.05) is 0 Å². The summed E-state index contributed by atoms with van der Waals surface area (Å²) in [5.41, 5.74) is 6.13. The van der Waals surface area contributed by atoms with Gasteiger partial charge in [0, 0.05) is 5.56 Å². The molecule has 3 N–H and O–H groups in total. The van der Waals surface area contributed by atoms with Crippen LogP contribution in [0.5, 0.6) is 0 Å². The Bertz CT molecular complexity index is 548. The molecule has 0 aliphatic rings. The first-order chi connectivity index (χ1) is 8.58. The third kappa shape index (κ3) is 2.72. The Morgan fingerprint density at radius 3 is 2.61 bits per heavy atom. The van der Waals surface area contributed by atoms with E-state index in [0.29, 0.717) is 11.4 Å². The van der Waals surface area contributed by atoms with E-state index in [-0.39, 0.29) is 28.2 Å². The molecule has 1 aromatic carbocycles. The molecular weight excluding hydrogens is 279 g/mol. The number of aromatic nitrogens is 2. The van der Waals surface area contributed by atoms with Gasteiger partial charge >= 0.3 is 0 Å². The molecule has 2 aromatic rings. The molecule has 0 aliphatic carbocycles. The smallest absolute Gasteiger partial charge is 0.251 e. The number of nitrogens with zero attached hydrogens (tertiary/aromatic N) is 2. The highest BCUT2D eigenvalue weighted by molar-refractivity contribution is 6.39. The van der Waals surface area contributed by atoms with Crippen LogP contribution in [0.4, 0.5) is 5.69 Å². The molecule has 0 radical (unpaired) electrons. The van der Waals surface area contributed by atoms with Crippen LogP contribution < -0.4 is 11.1 Å². The fourth-order valence-corrected chi connectivity index (χ4v) is 1.73. The summed E-state index contributed by atoms with van der Waals surface area (Å²) in [6, 6.07) is 2.88. The maximum absolute atomic E-state index is 11.8. The van der Waals surface area contributed by atoms with Crippen LogP contribution in [0.3, 0.4) is 0 Å². The van der Waals surface area contributed by atoms with Crippen LogP contribution in [0.1, 0.15) is 16.2 Å². The summed E-state index contributed by atoms with van der Waals surface area (Å²) in [6.45, 7) is 0.148. The van der Waals surface area contributed by atoms with Gasteiger partial charge in [-0.15, -0.1) is 0 Å². The summed E-state index contributed by atoms with van der Waals surface area (Å²) in [5, 5.41) is 6.61. The molecule has 18 heavy (non-hydrogen) atoms. The van der Waals surface area contributed by atoms with Gasteiger partial charge in [0.05, 0.1) is 22.3 Å². The fraction of sp³-hybridized carbons (Fsp3) is 0.100. The number of benzene rings is 1. The number of nitrogens with two attached hydrogens (primary N) is 1. The van der Waals surface area contributed by atoms with Gasteiger partial charge in [0.15, 0.2) is 5.82 Å². The molecule has 0 saturated carbocycles. The molecule has 0 atom stereocenters. The second-order valence-corrected chi connectivity index (χ2v) is 4.20. The van der Waals surface area contributed by atoms with Crippen molar-refractivity contribution in [3.8, 4) is 0 Å². The lowest BCUT2D eigenvalue weighted by atomic mass is 10.2. The van der Waals surface area contributed by atoms with Crippen molar-refractivity contribution in [3.63, 3.8) is 0 Å². The third-order valence-electron chi connectivity index (χ3n) is 2.16. The summed E-state index contributed by atoms with van der Waals surface area (Å²) >= 11 is 11.7. The summed E-state index contributed by atoms with van der Waals surface area (Å²) in [5.74, 6) is 0.0135. The predicted molar refractivity (Wildman–Crippen MR) is 66.3 cm³/mol. The van der Waals surface area contributed by atoms with Crippen LogP contribution in [0.2, 0.25) is 10.0 Å². The number of halogens is 2. The molecule has 1 amide bonds. The second kappa shape index (κ2) is 5.24. The van der Waals surface area contributed by atoms with Gasteiger partial charge < -0.3 is 15.6 Å². The molecule has 0 spiro atoms.